The van der Waals surface area contributed by atoms with Gasteiger partial charge in [0.15, 0.2) is 0 Å². The number of carbonyl (C=O) groups excluding carboxylic acids is 2. The Labute approximate surface area is 143 Å². The lowest BCUT2D eigenvalue weighted by Gasteiger charge is -2.37. The van der Waals surface area contributed by atoms with Crippen molar-refractivity contribution in [2.45, 2.75) is 57.8 Å². The summed E-state index contributed by atoms with van der Waals surface area (Å²) < 4.78 is 10.2. The van der Waals surface area contributed by atoms with Crippen LogP contribution in [-0.4, -0.2) is 65.2 Å². The molecule has 3 unspecified atom stereocenters. The number of ether oxygens (including phenoxy) is 2. The largest absolute Gasteiger partial charge is 0.467 e. The van der Waals surface area contributed by atoms with E-state index >= 15 is 0 Å². The summed E-state index contributed by atoms with van der Waals surface area (Å²) in [5, 5.41) is 19.8. The van der Waals surface area contributed by atoms with Crippen LogP contribution in [0.25, 0.3) is 0 Å². The fourth-order valence-corrected chi connectivity index (χ4v) is 3.27. The van der Waals surface area contributed by atoms with E-state index in [1.165, 1.54) is 12.0 Å². The quantitative estimate of drug-likeness (QED) is 0.560. The number of hydrogen-bond donors (Lipinski definition) is 2. The normalized spacial score (nSPS) is 27.0. The summed E-state index contributed by atoms with van der Waals surface area (Å²) in [6.07, 6.45) is 1.05. The molecule has 1 heterocycles. The minimum atomic E-state index is -0.989. The lowest BCUT2D eigenvalue weighted by Crippen LogP contribution is -2.51. The summed E-state index contributed by atoms with van der Waals surface area (Å²) in [6.45, 7) is 8.78. The Morgan fingerprint density at radius 1 is 1.42 bits per heavy atom. The first-order chi connectivity index (χ1) is 11.1. The molecule has 1 amide bonds. The minimum Gasteiger partial charge on any atom is -0.467 e. The van der Waals surface area contributed by atoms with Crippen molar-refractivity contribution in [1.82, 2.24) is 4.90 Å². The number of aliphatic hydroxyl groups excluding tert-OH is 2. The van der Waals surface area contributed by atoms with Crippen LogP contribution in [0, 0.1) is 5.41 Å². The predicted octanol–water partition coefficient (Wildman–Crippen LogP) is 1.47. The highest BCUT2D eigenvalue weighted by atomic mass is 16.6. The Morgan fingerprint density at radius 3 is 2.50 bits per heavy atom. The van der Waals surface area contributed by atoms with Gasteiger partial charge in [-0.3, -0.25) is 4.90 Å². The molecule has 1 rings (SSSR count). The molecule has 0 aromatic heterocycles. The summed E-state index contributed by atoms with van der Waals surface area (Å²) in [5.41, 5.74) is -1.67. The number of β-amino-alcohol motifs (C(OH)–C–C–N with tert-alkyl or cyclic N) is 1. The van der Waals surface area contributed by atoms with E-state index in [4.69, 9.17) is 9.47 Å². The first kappa shape index (κ1) is 20.4. The van der Waals surface area contributed by atoms with Crippen molar-refractivity contribution < 1.29 is 29.3 Å². The van der Waals surface area contributed by atoms with Crippen LogP contribution in [0.2, 0.25) is 0 Å². The van der Waals surface area contributed by atoms with E-state index in [-0.39, 0.29) is 13.2 Å². The summed E-state index contributed by atoms with van der Waals surface area (Å²) in [7, 11) is 1.24. The monoisotopic (exact) mass is 343 g/mol. The molecule has 0 aromatic rings. The van der Waals surface area contributed by atoms with E-state index in [2.05, 4.69) is 6.58 Å². The molecule has 0 aliphatic carbocycles. The van der Waals surface area contributed by atoms with Crippen molar-refractivity contribution >= 4 is 12.1 Å². The molecule has 0 radical (unpaired) electrons. The Morgan fingerprint density at radius 2 is 2.04 bits per heavy atom. The third-order valence-corrected chi connectivity index (χ3v) is 4.27. The number of rotatable bonds is 6. The molecule has 7 nitrogen and oxygen atoms in total. The summed E-state index contributed by atoms with van der Waals surface area (Å²) in [5.74, 6) is -0.614. The molecule has 1 aliphatic heterocycles. The average molecular weight is 343 g/mol. The zero-order valence-electron chi connectivity index (χ0n) is 14.9. The second-order valence-electron chi connectivity index (χ2n) is 7.13. The number of likely N-dealkylation sites (tertiary alicyclic amines) is 1. The number of aliphatic hydroxyl groups is 2. The smallest absolute Gasteiger partial charge is 0.411 e. The third-order valence-electron chi connectivity index (χ3n) is 4.27. The number of hydrogen-bond acceptors (Lipinski definition) is 6. The fraction of sp³-hybridized carbons (Fsp3) is 0.765. The molecular weight excluding hydrogens is 314 g/mol. The Hall–Kier alpha value is -1.60. The van der Waals surface area contributed by atoms with Gasteiger partial charge in [-0.05, 0) is 40.0 Å². The van der Waals surface area contributed by atoms with Crippen molar-refractivity contribution in [2.75, 3.05) is 20.3 Å². The zero-order chi connectivity index (χ0) is 18.5. The van der Waals surface area contributed by atoms with Crippen LogP contribution in [0.3, 0.4) is 0 Å². The molecule has 0 aromatic carbocycles. The zero-order valence-corrected chi connectivity index (χ0v) is 14.9. The maximum atomic E-state index is 12.5. The lowest BCUT2D eigenvalue weighted by molar-refractivity contribution is -0.150. The van der Waals surface area contributed by atoms with Crippen molar-refractivity contribution in [3.63, 3.8) is 0 Å². The van der Waals surface area contributed by atoms with Gasteiger partial charge in [0, 0.05) is 12.0 Å². The highest BCUT2D eigenvalue weighted by Crippen LogP contribution is 2.45. The van der Waals surface area contributed by atoms with E-state index in [0.29, 0.717) is 19.3 Å². The summed E-state index contributed by atoms with van der Waals surface area (Å²) >= 11 is 0. The molecule has 1 aliphatic rings. The average Bonchev–Trinajstić information content (AvgIpc) is 2.77. The molecule has 0 bridgehead atoms. The Balaban J connectivity index is 3.24. The van der Waals surface area contributed by atoms with Gasteiger partial charge in [-0.2, -0.15) is 0 Å². The predicted molar refractivity (Wildman–Crippen MR) is 88.3 cm³/mol. The van der Waals surface area contributed by atoms with Gasteiger partial charge in [0.1, 0.15) is 11.6 Å². The highest BCUT2D eigenvalue weighted by Gasteiger charge is 2.58. The Kier molecular flexibility index (Phi) is 6.80. The molecule has 2 N–H and O–H groups in total. The molecule has 1 saturated heterocycles. The van der Waals surface area contributed by atoms with Crippen LogP contribution in [0.4, 0.5) is 4.79 Å². The first-order valence-corrected chi connectivity index (χ1v) is 8.10. The van der Waals surface area contributed by atoms with Crippen LogP contribution in [0.5, 0.6) is 0 Å². The maximum Gasteiger partial charge on any atom is 0.411 e. The van der Waals surface area contributed by atoms with E-state index in [1.54, 1.807) is 26.8 Å². The van der Waals surface area contributed by atoms with Gasteiger partial charge in [-0.1, -0.05) is 6.08 Å². The summed E-state index contributed by atoms with van der Waals surface area (Å²) in [6, 6.07) is -0.989. The van der Waals surface area contributed by atoms with E-state index in [9.17, 15) is 19.8 Å². The van der Waals surface area contributed by atoms with Crippen molar-refractivity contribution in [2.24, 2.45) is 5.41 Å². The molecule has 3 atom stereocenters. The van der Waals surface area contributed by atoms with Crippen LogP contribution < -0.4 is 0 Å². The second kappa shape index (κ2) is 7.98. The third kappa shape index (κ3) is 4.27. The molecular formula is C17H29NO6. The Bertz CT molecular complexity index is 472. The van der Waals surface area contributed by atoms with Gasteiger partial charge in [0.2, 0.25) is 0 Å². The highest BCUT2D eigenvalue weighted by molar-refractivity contribution is 5.83. The number of nitrogens with zero attached hydrogens (tertiary/aromatic N) is 1. The van der Waals surface area contributed by atoms with Crippen LogP contribution in [0.15, 0.2) is 12.7 Å². The molecule has 138 valence electrons. The van der Waals surface area contributed by atoms with Crippen molar-refractivity contribution in [1.29, 1.82) is 0 Å². The van der Waals surface area contributed by atoms with Crippen LogP contribution in [0.1, 0.15) is 40.0 Å². The number of esters is 1. The number of amides is 1. The van der Waals surface area contributed by atoms with E-state index in [0.717, 1.165) is 0 Å². The fourth-order valence-electron chi connectivity index (χ4n) is 3.27. The van der Waals surface area contributed by atoms with Crippen LogP contribution in [-0.2, 0) is 14.3 Å². The summed E-state index contributed by atoms with van der Waals surface area (Å²) in [4.78, 5) is 26.2. The first-order valence-electron chi connectivity index (χ1n) is 8.10. The number of allylic oxidation sites excluding steroid dienone is 1. The van der Waals surface area contributed by atoms with Crippen molar-refractivity contribution in [3.8, 4) is 0 Å². The number of methoxy groups -OCH3 is 1. The van der Waals surface area contributed by atoms with Gasteiger partial charge in [0.05, 0.1) is 19.8 Å². The van der Waals surface area contributed by atoms with Gasteiger partial charge in [-0.15, -0.1) is 6.58 Å². The standard InChI is InChI=1S/C17H29NO6/c1-6-8-17(9-7-10-19)12(20)11-18(13(17)14(21)23-5)15(22)24-16(2,3)4/h6,12-13,19-20H,1,7-11H2,2-5H3. The van der Waals surface area contributed by atoms with E-state index in [1.807, 2.05) is 0 Å². The molecule has 24 heavy (non-hydrogen) atoms. The van der Waals surface area contributed by atoms with Gasteiger partial charge >= 0.3 is 12.1 Å². The van der Waals surface area contributed by atoms with Gasteiger partial charge < -0.3 is 19.7 Å². The lowest BCUT2D eigenvalue weighted by atomic mass is 9.72. The molecule has 0 saturated carbocycles. The van der Waals surface area contributed by atoms with Gasteiger partial charge in [-0.25, -0.2) is 9.59 Å². The number of carbonyl (C=O) groups is 2. The maximum absolute atomic E-state index is 12.5. The SMILES string of the molecule is C=CCC1(CCCO)C(O)CN(C(=O)OC(C)(C)C)C1C(=O)OC. The van der Waals surface area contributed by atoms with Crippen molar-refractivity contribution in [3.05, 3.63) is 12.7 Å². The molecule has 1 fully saturated rings. The van der Waals surface area contributed by atoms with E-state index < -0.39 is 35.2 Å². The topological polar surface area (TPSA) is 96.3 Å². The van der Waals surface area contributed by atoms with Gasteiger partial charge in [0.25, 0.3) is 0 Å². The second-order valence-corrected chi connectivity index (χ2v) is 7.13. The molecule has 0 spiro atoms. The molecule has 7 heteroatoms. The van der Waals surface area contributed by atoms with Crippen LogP contribution >= 0.6 is 0 Å². The minimum absolute atomic E-state index is 0.0338.